The fourth-order valence-corrected chi connectivity index (χ4v) is 1.82. The highest BCUT2D eigenvalue weighted by Gasteiger charge is 2.02. The Bertz CT molecular complexity index is 273. The van der Waals surface area contributed by atoms with Gasteiger partial charge in [-0.1, -0.05) is 13.8 Å². The van der Waals surface area contributed by atoms with Gasteiger partial charge in [-0.2, -0.15) is 11.8 Å². The van der Waals surface area contributed by atoms with Crippen molar-refractivity contribution in [3.05, 3.63) is 23.7 Å². The fraction of sp³-hybridized carbons (Fsp3) is 0.636. The highest BCUT2D eigenvalue weighted by molar-refractivity contribution is 7.98. The molecule has 0 radical (unpaired) electrons. The summed E-state index contributed by atoms with van der Waals surface area (Å²) < 4.78 is 5.66. The molecule has 4 heteroatoms. The fourth-order valence-electron chi connectivity index (χ4n) is 1.16. The quantitative estimate of drug-likeness (QED) is 0.701. The summed E-state index contributed by atoms with van der Waals surface area (Å²) in [5.41, 5.74) is 5.42. The summed E-state index contributed by atoms with van der Waals surface area (Å²) in [5.74, 6) is 3.94. The van der Waals surface area contributed by atoms with Crippen molar-refractivity contribution >= 4 is 11.8 Å². The normalized spacial score (nSPS) is 11.2. The van der Waals surface area contributed by atoms with E-state index in [9.17, 15) is 0 Å². The van der Waals surface area contributed by atoms with Crippen molar-refractivity contribution in [1.82, 2.24) is 5.32 Å². The van der Waals surface area contributed by atoms with Gasteiger partial charge in [-0.25, -0.2) is 0 Å². The van der Waals surface area contributed by atoms with Crippen LogP contribution in [0, 0.1) is 0 Å². The molecule has 0 atom stereocenters. The van der Waals surface area contributed by atoms with Crippen LogP contribution >= 0.6 is 11.8 Å². The van der Waals surface area contributed by atoms with E-state index in [-0.39, 0.29) is 0 Å². The summed E-state index contributed by atoms with van der Waals surface area (Å²) >= 11 is 1.80. The third kappa shape index (κ3) is 5.25. The van der Waals surface area contributed by atoms with Crippen LogP contribution in [0.2, 0.25) is 0 Å². The Labute approximate surface area is 95.8 Å². The van der Waals surface area contributed by atoms with Crippen LogP contribution in [0.5, 0.6) is 0 Å². The maximum absolute atomic E-state index is 5.66. The van der Waals surface area contributed by atoms with E-state index in [1.54, 1.807) is 11.8 Å². The highest BCUT2D eigenvalue weighted by atomic mass is 32.2. The number of furan rings is 1. The third-order valence-corrected chi connectivity index (χ3v) is 2.92. The minimum absolute atomic E-state index is 0.491. The smallest absolute Gasteiger partial charge is 0.118 e. The first-order valence-corrected chi connectivity index (χ1v) is 6.46. The first-order valence-electron chi connectivity index (χ1n) is 5.31. The molecule has 0 amide bonds. The molecular weight excluding hydrogens is 208 g/mol. The van der Waals surface area contributed by atoms with Crippen molar-refractivity contribution < 1.29 is 4.42 Å². The van der Waals surface area contributed by atoms with Crippen LogP contribution in [0.1, 0.15) is 25.4 Å². The molecule has 3 N–H and O–H groups in total. The van der Waals surface area contributed by atoms with Gasteiger partial charge in [0, 0.05) is 18.3 Å². The minimum atomic E-state index is 0.491. The van der Waals surface area contributed by atoms with Crippen LogP contribution in [0.25, 0.3) is 0 Å². The standard InChI is InChI=1S/C11H20N2OS/c1-9(2)13-7-10-3-4-11(14-10)8-15-6-5-12/h3-4,9,13H,5-8,12H2,1-2H3. The molecule has 1 aromatic rings. The van der Waals surface area contributed by atoms with Gasteiger partial charge in [0.05, 0.1) is 12.3 Å². The van der Waals surface area contributed by atoms with Crippen molar-refractivity contribution in [2.75, 3.05) is 12.3 Å². The van der Waals surface area contributed by atoms with Crippen molar-refractivity contribution in [2.45, 2.75) is 32.2 Å². The van der Waals surface area contributed by atoms with E-state index in [1.807, 2.05) is 12.1 Å². The minimum Gasteiger partial charge on any atom is -0.464 e. The number of thioether (sulfide) groups is 1. The Kier molecular flexibility index (Phi) is 5.83. The maximum atomic E-state index is 5.66. The number of nitrogens with two attached hydrogens (primary N) is 1. The van der Waals surface area contributed by atoms with Gasteiger partial charge < -0.3 is 15.5 Å². The summed E-state index contributed by atoms with van der Waals surface area (Å²) in [7, 11) is 0. The molecule has 1 heterocycles. The van der Waals surface area contributed by atoms with Crippen molar-refractivity contribution in [3.8, 4) is 0 Å². The highest BCUT2D eigenvalue weighted by Crippen LogP contribution is 2.14. The first kappa shape index (κ1) is 12.6. The Morgan fingerprint density at radius 1 is 1.40 bits per heavy atom. The van der Waals surface area contributed by atoms with Crippen molar-refractivity contribution in [1.29, 1.82) is 0 Å². The zero-order chi connectivity index (χ0) is 11.1. The summed E-state index contributed by atoms with van der Waals surface area (Å²) in [6, 6.07) is 4.57. The zero-order valence-electron chi connectivity index (χ0n) is 9.45. The summed E-state index contributed by atoms with van der Waals surface area (Å²) in [5, 5.41) is 3.32. The topological polar surface area (TPSA) is 51.2 Å². The van der Waals surface area contributed by atoms with E-state index in [2.05, 4.69) is 19.2 Å². The molecule has 0 saturated carbocycles. The molecule has 0 fully saturated rings. The van der Waals surface area contributed by atoms with Crippen LogP contribution in [0.15, 0.2) is 16.5 Å². The lowest BCUT2D eigenvalue weighted by atomic mass is 10.3. The van der Waals surface area contributed by atoms with Crippen molar-refractivity contribution in [3.63, 3.8) is 0 Å². The molecule has 0 unspecified atom stereocenters. The average Bonchev–Trinajstić information content (AvgIpc) is 2.63. The second-order valence-corrected chi connectivity index (χ2v) is 4.85. The second kappa shape index (κ2) is 6.93. The van der Waals surface area contributed by atoms with Gasteiger partial charge in [-0.15, -0.1) is 0 Å². The molecule has 0 saturated heterocycles. The van der Waals surface area contributed by atoms with Crippen LogP contribution in [0.4, 0.5) is 0 Å². The molecule has 1 aromatic heterocycles. The van der Waals surface area contributed by atoms with Crippen LogP contribution in [-0.2, 0) is 12.3 Å². The van der Waals surface area contributed by atoms with E-state index in [4.69, 9.17) is 10.2 Å². The van der Waals surface area contributed by atoms with Gasteiger partial charge in [-0.3, -0.25) is 0 Å². The SMILES string of the molecule is CC(C)NCc1ccc(CSCCN)o1. The summed E-state index contributed by atoms with van der Waals surface area (Å²) in [4.78, 5) is 0. The number of hydrogen-bond acceptors (Lipinski definition) is 4. The average molecular weight is 228 g/mol. The summed E-state index contributed by atoms with van der Waals surface area (Å²) in [6.45, 7) is 5.79. The molecule has 86 valence electrons. The van der Waals surface area contributed by atoms with Gasteiger partial charge >= 0.3 is 0 Å². The van der Waals surface area contributed by atoms with E-state index in [1.165, 1.54) is 0 Å². The number of rotatable bonds is 7. The molecule has 0 bridgehead atoms. The third-order valence-electron chi connectivity index (χ3n) is 1.91. The van der Waals surface area contributed by atoms with Gasteiger partial charge in [0.15, 0.2) is 0 Å². The second-order valence-electron chi connectivity index (χ2n) is 3.74. The van der Waals surface area contributed by atoms with Gasteiger partial charge in [0.1, 0.15) is 11.5 Å². The lowest BCUT2D eigenvalue weighted by molar-refractivity contribution is 0.445. The van der Waals surface area contributed by atoms with Crippen molar-refractivity contribution in [2.24, 2.45) is 5.73 Å². The lowest BCUT2D eigenvalue weighted by Crippen LogP contribution is -2.21. The largest absolute Gasteiger partial charge is 0.464 e. The Balaban J connectivity index is 2.29. The molecule has 1 rings (SSSR count). The Morgan fingerprint density at radius 3 is 2.80 bits per heavy atom. The zero-order valence-corrected chi connectivity index (χ0v) is 10.3. The predicted octanol–water partition coefficient (Wildman–Crippen LogP) is 1.97. The van der Waals surface area contributed by atoms with E-state index in [0.717, 1.165) is 36.1 Å². The first-order chi connectivity index (χ1) is 7.22. The molecule has 0 spiro atoms. The Morgan fingerprint density at radius 2 is 2.13 bits per heavy atom. The molecule has 0 aromatic carbocycles. The molecule has 0 aliphatic carbocycles. The molecule has 0 aliphatic heterocycles. The predicted molar refractivity (Wildman–Crippen MR) is 65.9 cm³/mol. The maximum Gasteiger partial charge on any atom is 0.118 e. The van der Waals surface area contributed by atoms with Gasteiger partial charge in [0.2, 0.25) is 0 Å². The van der Waals surface area contributed by atoms with Gasteiger partial charge in [-0.05, 0) is 12.1 Å². The molecule has 3 nitrogen and oxygen atoms in total. The van der Waals surface area contributed by atoms with E-state index in [0.29, 0.717) is 6.04 Å². The Hall–Kier alpha value is -0.450. The monoisotopic (exact) mass is 228 g/mol. The summed E-state index contributed by atoms with van der Waals surface area (Å²) in [6.07, 6.45) is 0. The van der Waals surface area contributed by atoms with E-state index < -0.39 is 0 Å². The van der Waals surface area contributed by atoms with Gasteiger partial charge in [0.25, 0.3) is 0 Å². The molecule has 0 aliphatic rings. The van der Waals surface area contributed by atoms with E-state index >= 15 is 0 Å². The number of hydrogen-bond donors (Lipinski definition) is 2. The number of nitrogens with one attached hydrogen (secondary N) is 1. The van der Waals surface area contributed by atoms with Crippen LogP contribution in [-0.4, -0.2) is 18.3 Å². The molecular formula is C11H20N2OS. The molecule has 15 heavy (non-hydrogen) atoms. The van der Waals surface area contributed by atoms with Crippen LogP contribution < -0.4 is 11.1 Å². The van der Waals surface area contributed by atoms with Crippen LogP contribution in [0.3, 0.4) is 0 Å². The lowest BCUT2D eigenvalue weighted by Gasteiger charge is -2.04.